The molecule has 0 bridgehead atoms. The van der Waals surface area contributed by atoms with Gasteiger partial charge >= 0.3 is 5.69 Å². The maximum absolute atomic E-state index is 14.3. The first-order valence-corrected chi connectivity index (χ1v) is 14.3. The first-order valence-electron chi connectivity index (χ1n) is 13.9. The van der Waals surface area contributed by atoms with Gasteiger partial charge in [-0.1, -0.05) is 32.0 Å². The van der Waals surface area contributed by atoms with E-state index in [1.165, 1.54) is 29.9 Å². The Bertz CT molecular complexity index is 1790. The highest BCUT2D eigenvalue weighted by Gasteiger charge is 2.30. The minimum Gasteiger partial charge on any atom is -0.493 e. The molecule has 12 heteroatoms. The fourth-order valence-electron chi connectivity index (χ4n) is 5.37. The molecule has 1 saturated heterocycles. The van der Waals surface area contributed by atoms with Gasteiger partial charge in [-0.25, -0.2) is 18.7 Å². The lowest BCUT2D eigenvalue weighted by atomic mass is 10.0. The van der Waals surface area contributed by atoms with Crippen molar-refractivity contribution in [3.63, 3.8) is 0 Å². The SMILES string of the molecule is C=CC(=O)N1CCN(c2nc(=O)n(-c3c(C)ccnc3C(C)C)c3nc(Nc4ccc(Cl)c(F)c4)c(OC)cc23)[C@@H](C)C1. The van der Waals surface area contributed by atoms with E-state index in [0.29, 0.717) is 53.6 Å². The van der Waals surface area contributed by atoms with Crippen LogP contribution in [0.3, 0.4) is 0 Å². The van der Waals surface area contributed by atoms with Gasteiger partial charge in [0.15, 0.2) is 17.2 Å². The number of carbonyl (C=O) groups excluding carboxylic acids is 1. The maximum Gasteiger partial charge on any atom is 0.355 e. The summed E-state index contributed by atoms with van der Waals surface area (Å²) in [5, 5.41) is 3.67. The van der Waals surface area contributed by atoms with Gasteiger partial charge in [0.1, 0.15) is 11.6 Å². The van der Waals surface area contributed by atoms with Crippen molar-refractivity contribution in [2.24, 2.45) is 0 Å². The van der Waals surface area contributed by atoms with Crippen LogP contribution in [0.25, 0.3) is 16.7 Å². The van der Waals surface area contributed by atoms with Crippen molar-refractivity contribution in [3.05, 3.63) is 81.8 Å². The number of piperazine rings is 1. The van der Waals surface area contributed by atoms with Crippen LogP contribution in [0.5, 0.6) is 5.75 Å². The fourth-order valence-corrected chi connectivity index (χ4v) is 5.49. The van der Waals surface area contributed by atoms with E-state index in [1.54, 1.807) is 23.2 Å². The van der Waals surface area contributed by atoms with E-state index < -0.39 is 11.5 Å². The van der Waals surface area contributed by atoms with Gasteiger partial charge in [-0.2, -0.15) is 4.98 Å². The maximum atomic E-state index is 14.3. The second-order valence-corrected chi connectivity index (χ2v) is 11.2. The standard InChI is InChI=1S/C31H33ClFN7O3/c1-7-25(41)38-12-13-39(19(5)16-38)29-21-15-24(43-6)28(35-20-8-9-22(32)23(33)14-20)36-30(21)40(31(42)37-29)27-18(4)10-11-34-26(27)17(2)3/h7-11,14-15,17,19H,1,12-13,16H2,2-6H3,(H,35,36)/t19-/m0/s1. The highest BCUT2D eigenvalue weighted by atomic mass is 35.5. The van der Waals surface area contributed by atoms with Crippen LogP contribution in [0.15, 0.2) is 54.0 Å². The third-order valence-corrected chi connectivity index (χ3v) is 7.83. The smallest absolute Gasteiger partial charge is 0.355 e. The number of ether oxygens (including phenoxy) is 1. The van der Waals surface area contributed by atoms with Gasteiger partial charge in [0.05, 0.1) is 28.9 Å². The van der Waals surface area contributed by atoms with Gasteiger partial charge in [-0.15, -0.1) is 0 Å². The molecule has 4 heterocycles. The molecular weight excluding hydrogens is 573 g/mol. The number of hydrogen-bond donors (Lipinski definition) is 1. The van der Waals surface area contributed by atoms with E-state index in [-0.39, 0.29) is 28.7 Å². The van der Waals surface area contributed by atoms with Crippen molar-refractivity contribution in [2.45, 2.75) is 39.7 Å². The molecule has 0 spiro atoms. The van der Waals surface area contributed by atoms with Crippen LogP contribution in [0.4, 0.5) is 21.7 Å². The van der Waals surface area contributed by atoms with Crippen LogP contribution in [0.2, 0.25) is 5.02 Å². The number of nitrogens with one attached hydrogen (secondary N) is 1. The summed E-state index contributed by atoms with van der Waals surface area (Å²) in [6.45, 7) is 12.8. The molecule has 3 aromatic heterocycles. The van der Waals surface area contributed by atoms with Crippen molar-refractivity contribution >= 4 is 45.9 Å². The molecule has 0 saturated carbocycles. The average Bonchev–Trinajstić information content (AvgIpc) is 2.98. The van der Waals surface area contributed by atoms with Crippen molar-refractivity contribution < 1.29 is 13.9 Å². The van der Waals surface area contributed by atoms with Gasteiger partial charge in [-0.3, -0.25) is 9.78 Å². The minimum absolute atomic E-state index is 0.0000837. The highest BCUT2D eigenvalue weighted by molar-refractivity contribution is 6.30. The number of carbonyl (C=O) groups is 1. The number of aromatic nitrogens is 4. The number of hydrogen-bond acceptors (Lipinski definition) is 8. The molecule has 1 aliphatic rings. The Balaban J connectivity index is 1.77. The van der Waals surface area contributed by atoms with Crippen LogP contribution < -0.4 is 20.6 Å². The van der Waals surface area contributed by atoms with Gasteiger partial charge in [0, 0.05) is 37.6 Å². The molecule has 0 aliphatic carbocycles. The van der Waals surface area contributed by atoms with Crippen LogP contribution in [0.1, 0.15) is 37.9 Å². The van der Waals surface area contributed by atoms with Crippen molar-refractivity contribution in [1.82, 2.24) is 24.4 Å². The quantitative estimate of drug-likeness (QED) is 0.280. The van der Waals surface area contributed by atoms with Crippen LogP contribution in [-0.2, 0) is 4.79 Å². The lowest BCUT2D eigenvalue weighted by Crippen LogP contribution is -2.54. The predicted molar refractivity (Wildman–Crippen MR) is 167 cm³/mol. The molecule has 1 N–H and O–H groups in total. The van der Waals surface area contributed by atoms with E-state index in [1.807, 2.05) is 38.7 Å². The van der Waals surface area contributed by atoms with Gasteiger partial charge in [0.2, 0.25) is 5.91 Å². The van der Waals surface area contributed by atoms with Crippen molar-refractivity contribution in [2.75, 3.05) is 37.0 Å². The Hall–Kier alpha value is -4.51. The van der Waals surface area contributed by atoms with E-state index in [4.69, 9.17) is 21.3 Å². The van der Waals surface area contributed by atoms with Gasteiger partial charge in [0.25, 0.3) is 0 Å². The van der Waals surface area contributed by atoms with Crippen molar-refractivity contribution in [1.29, 1.82) is 0 Å². The summed E-state index contributed by atoms with van der Waals surface area (Å²) in [5.74, 6) is 0.313. The number of pyridine rings is 2. The Morgan fingerprint density at radius 2 is 2.00 bits per heavy atom. The zero-order valence-electron chi connectivity index (χ0n) is 24.7. The molecule has 4 aromatic rings. The molecule has 1 atom stereocenters. The molecule has 5 rings (SSSR count). The Labute approximate surface area is 253 Å². The number of nitrogens with zero attached hydrogens (tertiary/aromatic N) is 6. The first kappa shape index (κ1) is 30.0. The molecule has 1 aromatic carbocycles. The Kier molecular flexibility index (Phi) is 8.36. The molecule has 43 heavy (non-hydrogen) atoms. The second-order valence-electron chi connectivity index (χ2n) is 10.8. The molecule has 0 radical (unpaired) electrons. The van der Waals surface area contributed by atoms with Crippen LogP contribution in [-0.4, -0.2) is 63.1 Å². The Morgan fingerprint density at radius 3 is 2.65 bits per heavy atom. The number of aryl methyl sites for hydroxylation is 1. The number of methoxy groups -OCH3 is 1. The summed E-state index contributed by atoms with van der Waals surface area (Å²) in [4.78, 5) is 44.1. The number of anilines is 3. The summed E-state index contributed by atoms with van der Waals surface area (Å²) in [6, 6.07) is 7.77. The summed E-state index contributed by atoms with van der Waals surface area (Å²) >= 11 is 5.89. The lowest BCUT2D eigenvalue weighted by Gasteiger charge is -2.40. The van der Waals surface area contributed by atoms with Crippen LogP contribution >= 0.6 is 11.6 Å². The van der Waals surface area contributed by atoms with Gasteiger partial charge in [-0.05, 0) is 61.7 Å². The van der Waals surface area contributed by atoms with Gasteiger partial charge < -0.3 is 19.9 Å². The summed E-state index contributed by atoms with van der Waals surface area (Å²) in [5.41, 5.74) is 2.33. The molecule has 1 fully saturated rings. The number of amides is 1. The molecule has 224 valence electrons. The third-order valence-electron chi connectivity index (χ3n) is 7.53. The number of fused-ring (bicyclic) bond motifs is 1. The van der Waals surface area contributed by atoms with E-state index in [0.717, 1.165) is 11.3 Å². The summed E-state index contributed by atoms with van der Waals surface area (Å²) < 4.78 is 21.5. The largest absolute Gasteiger partial charge is 0.493 e. The molecule has 1 amide bonds. The molecule has 10 nitrogen and oxygen atoms in total. The summed E-state index contributed by atoms with van der Waals surface area (Å²) in [7, 11) is 1.50. The zero-order chi connectivity index (χ0) is 31.0. The number of halogens is 2. The zero-order valence-corrected chi connectivity index (χ0v) is 25.4. The summed E-state index contributed by atoms with van der Waals surface area (Å²) in [6.07, 6.45) is 3.02. The normalized spacial score (nSPS) is 15.2. The first-order chi connectivity index (χ1) is 20.5. The van der Waals surface area contributed by atoms with Crippen molar-refractivity contribution in [3.8, 4) is 11.4 Å². The minimum atomic E-state index is -0.592. The average molecular weight is 606 g/mol. The fraction of sp³-hybridized carbons (Fsp3) is 0.323. The molecule has 1 aliphatic heterocycles. The second kappa shape index (κ2) is 12.0. The number of benzene rings is 1. The lowest BCUT2D eigenvalue weighted by molar-refractivity contribution is -0.126. The monoisotopic (exact) mass is 605 g/mol. The van der Waals surface area contributed by atoms with E-state index in [9.17, 15) is 14.0 Å². The third kappa shape index (κ3) is 5.64. The molecular formula is C31H33ClFN7O3. The Morgan fingerprint density at radius 1 is 1.23 bits per heavy atom. The predicted octanol–water partition coefficient (Wildman–Crippen LogP) is 5.38. The highest BCUT2D eigenvalue weighted by Crippen LogP contribution is 2.36. The topological polar surface area (TPSA) is 105 Å². The van der Waals surface area contributed by atoms with E-state index >= 15 is 0 Å². The molecule has 0 unspecified atom stereocenters. The number of rotatable bonds is 7. The van der Waals surface area contributed by atoms with E-state index in [2.05, 4.69) is 21.9 Å². The van der Waals surface area contributed by atoms with Crippen LogP contribution in [0, 0.1) is 12.7 Å².